The Hall–Kier alpha value is -4.53. The highest BCUT2D eigenvalue weighted by molar-refractivity contribution is 5.79. The largest absolute Gasteiger partial charge is 0.481 e. The van der Waals surface area contributed by atoms with Crippen LogP contribution in [0, 0.1) is 17.1 Å². The lowest BCUT2D eigenvalue weighted by Crippen LogP contribution is -2.52. The fraction of sp³-hybridized carbons (Fsp3) is 0.375. The summed E-state index contributed by atoms with van der Waals surface area (Å²) in [6.07, 6.45) is 1.15. The number of carboxylic acids is 1. The van der Waals surface area contributed by atoms with E-state index in [0.29, 0.717) is 18.0 Å². The molecule has 43 heavy (non-hydrogen) atoms. The van der Waals surface area contributed by atoms with E-state index in [9.17, 15) is 14.3 Å². The van der Waals surface area contributed by atoms with Crippen LogP contribution in [0.4, 0.5) is 10.2 Å². The first-order valence-corrected chi connectivity index (χ1v) is 14.4. The molecule has 0 amide bonds. The number of ether oxygens (including phenoxy) is 2. The van der Waals surface area contributed by atoms with Gasteiger partial charge in [-0.15, -0.1) is 0 Å². The van der Waals surface area contributed by atoms with Gasteiger partial charge in [0.15, 0.2) is 0 Å². The molecule has 0 saturated carbocycles. The molecule has 1 N–H and O–H groups in total. The van der Waals surface area contributed by atoms with Crippen LogP contribution < -0.4 is 9.64 Å². The lowest BCUT2D eigenvalue weighted by molar-refractivity contribution is -0.136. The Balaban J connectivity index is 1.13. The van der Waals surface area contributed by atoms with Crippen molar-refractivity contribution in [1.29, 1.82) is 5.26 Å². The Labute approximate surface area is 248 Å². The van der Waals surface area contributed by atoms with Crippen molar-refractivity contribution in [3.8, 4) is 11.9 Å². The van der Waals surface area contributed by atoms with Gasteiger partial charge in [0.1, 0.15) is 24.1 Å². The molecule has 2 saturated heterocycles. The average molecular weight is 585 g/mol. The Morgan fingerprint density at radius 3 is 2.77 bits per heavy atom. The lowest BCUT2D eigenvalue weighted by Gasteiger charge is -2.40. The number of rotatable bonds is 10. The summed E-state index contributed by atoms with van der Waals surface area (Å²) >= 11 is 0. The molecular weight excluding hydrogens is 551 g/mol. The van der Waals surface area contributed by atoms with Crippen molar-refractivity contribution in [2.45, 2.75) is 51.6 Å². The zero-order chi connectivity index (χ0) is 29.9. The molecule has 0 radical (unpaired) electrons. The van der Waals surface area contributed by atoms with E-state index < -0.39 is 11.8 Å². The van der Waals surface area contributed by atoms with Crippen molar-refractivity contribution in [3.05, 3.63) is 82.9 Å². The molecule has 0 spiro atoms. The van der Waals surface area contributed by atoms with Crippen molar-refractivity contribution in [3.63, 3.8) is 0 Å². The number of imidazole rings is 1. The quantitative estimate of drug-likeness (QED) is 0.293. The number of aromatic nitrogens is 3. The van der Waals surface area contributed by atoms with Gasteiger partial charge in [-0.2, -0.15) is 10.2 Å². The molecule has 10 nitrogen and oxygen atoms in total. The molecule has 222 valence electrons. The molecule has 2 aromatic carbocycles. The van der Waals surface area contributed by atoms with Gasteiger partial charge in [0.2, 0.25) is 5.88 Å². The molecule has 2 aliphatic heterocycles. The van der Waals surface area contributed by atoms with E-state index >= 15 is 0 Å². The van der Waals surface area contributed by atoms with Crippen LogP contribution in [-0.4, -0.2) is 68.9 Å². The van der Waals surface area contributed by atoms with Crippen LogP contribution in [0.3, 0.4) is 0 Å². The van der Waals surface area contributed by atoms with Crippen molar-refractivity contribution < 1.29 is 23.8 Å². The molecular formula is C32H33FN6O4. The first-order chi connectivity index (χ1) is 20.9. The number of fused-ring (bicyclic) bond motifs is 1. The van der Waals surface area contributed by atoms with Crippen molar-refractivity contribution in [2.75, 3.05) is 31.1 Å². The SMILES string of the molecule is CC1CN(c2cccc(OCc3ccc(C#N)cc3F)n2)CCN1Cc1nc2cc(CC(=O)O)ccc2n1CC1CCO1. The molecule has 4 aromatic rings. The number of anilines is 1. The zero-order valence-corrected chi connectivity index (χ0v) is 23.9. The van der Waals surface area contributed by atoms with E-state index in [2.05, 4.69) is 26.3 Å². The highest BCUT2D eigenvalue weighted by Crippen LogP contribution is 2.26. The van der Waals surface area contributed by atoms with Crippen LogP contribution in [0.25, 0.3) is 11.0 Å². The van der Waals surface area contributed by atoms with Gasteiger partial charge in [-0.3, -0.25) is 9.69 Å². The maximum absolute atomic E-state index is 14.3. The normalized spacial score (nSPS) is 18.8. The molecule has 0 bridgehead atoms. The number of benzene rings is 2. The molecule has 11 heteroatoms. The molecule has 2 unspecified atom stereocenters. The Kier molecular flexibility index (Phi) is 8.22. The molecule has 2 atom stereocenters. The molecule has 2 aromatic heterocycles. The minimum Gasteiger partial charge on any atom is -0.481 e. The number of piperazine rings is 1. The minimum absolute atomic E-state index is 0.0167. The summed E-state index contributed by atoms with van der Waals surface area (Å²) in [6, 6.07) is 17.8. The molecule has 0 aliphatic carbocycles. The standard InChI is InChI=1S/C32H33FN6O4/c1-21-17-38(29-3-2-4-31(36-29)43-20-24-7-5-23(16-34)13-26(24)33)11-10-37(21)19-30-35-27-14-22(15-32(40)41)6-8-28(27)39(30)18-25-9-12-42-25/h2-8,13-14,21,25H,9-12,15,17-20H2,1H3,(H,40,41). The summed E-state index contributed by atoms with van der Waals surface area (Å²) in [6.45, 7) is 6.70. The summed E-state index contributed by atoms with van der Waals surface area (Å²) in [7, 11) is 0. The van der Waals surface area contributed by atoms with Gasteiger partial charge in [0, 0.05) is 43.9 Å². The Bertz CT molecular complexity index is 1680. The van der Waals surface area contributed by atoms with Crippen molar-refractivity contribution >= 4 is 22.8 Å². The zero-order valence-electron chi connectivity index (χ0n) is 23.9. The summed E-state index contributed by atoms with van der Waals surface area (Å²) in [5, 5.41) is 18.2. The van der Waals surface area contributed by atoms with Gasteiger partial charge in [0.05, 0.1) is 48.3 Å². The highest BCUT2D eigenvalue weighted by Gasteiger charge is 2.28. The van der Waals surface area contributed by atoms with Crippen LogP contribution in [0.1, 0.15) is 35.9 Å². The third-order valence-electron chi connectivity index (χ3n) is 8.13. The van der Waals surface area contributed by atoms with Gasteiger partial charge in [-0.05, 0) is 49.2 Å². The maximum atomic E-state index is 14.3. The summed E-state index contributed by atoms with van der Waals surface area (Å²) in [4.78, 5) is 25.5. The van der Waals surface area contributed by atoms with Gasteiger partial charge in [-0.1, -0.05) is 18.2 Å². The van der Waals surface area contributed by atoms with E-state index in [4.69, 9.17) is 19.7 Å². The second-order valence-corrected chi connectivity index (χ2v) is 11.1. The summed E-state index contributed by atoms with van der Waals surface area (Å²) < 4.78 is 28.0. The number of carboxylic acid groups (broad SMARTS) is 1. The number of hydrogen-bond donors (Lipinski definition) is 1. The van der Waals surface area contributed by atoms with E-state index in [0.717, 1.165) is 67.4 Å². The van der Waals surface area contributed by atoms with E-state index in [1.807, 2.05) is 36.4 Å². The third kappa shape index (κ3) is 6.45. The van der Waals surface area contributed by atoms with E-state index in [1.54, 1.807) is 18.2 Å². The number of halogens is 1. The lowest BCUT2D eigenvalue weighted by atomic mass is 10.1. The second kappa shape index (κ2) is 12.4. The predicted molar refractivity (Wildman–Crippen MR) is 157 cm³/mol. The van der Waals surface area contributed by atoms with Crippen LogP contribution in [0.5, 0.6) is 5.88 Å². The van der Waals surface area contributed by atoms with E-state index in [1.165, 1.54) is 6.07 Å². The number of pyridine rings is 1. The number of aliphatic carboxylic acids is 1. The van der Waals surface area contributed by atoms with Crippen LogP contribution >= 0.6 is 0 Å². The van der Waals surface area contributed by atoms with Gasteiger partial charge < -0.3 is 24.0 Å². The van der Waals surface area contributed by atoms with Crippen molar-refractivity contribution in [2.24, 2.45) is 0 Å². The van der Waals surface area contributed by atoms with E-state index in [-0.39, 0.29) is 30.7 Å². The highest BCUT2D eigenvalue weighted by atomic mass is 19.1. The van der Waals surface area contributed by atoms with Gasteiger partial charge in [-0.25, -0.2) is 9.37 Å². The second-order valence-electron chi connectivity index (χ2n) is 11.1. The fourth-order valence-corrected chi connectivity index (χ4v) is 5.63. The maximum Gasteiger partial charge on any atom is 0.307 e. The first kappa shape index (κ1) is 28.6. The topological polar surface area (TPSA) is 117 Å². The number of hydrogen-bond acceptors (Lipinski definition) is 8. The number of nitriles is 1. The fourth-order valence-electron chi connectivity index (χ4n) is 5.63. The Morgan fingerprint density at radius 2 is 2.05 bits per heavy atom. The van der Waals surface area contributed by atoms with Crippen LogP contribution in [-0.2, 0) is 35.6 Å². The smallest absolute Gasteiger partial charge is 0.307 e. The monoisotopic (exact) mass is 584 g/mol. The van der Waals surface area contributed by atoms with Crippen molar-refractivity contribution in [1.82, 2.24) is 19.4 Å². The molecule has 2 aliphatic rings. The predicted octanol–water partition coefficient (Wildman–Crippen LogP) is 4.15. The van der Waals surface area contributed by atoms with Gasteiger partial charge in [0.25, 0.3) is 0 Å². The van der Waals surface area contributed by atoms with Crippen LogP contribution in [0.2, 0.25) is 0 Å². The number of nitrogens with zero attached hydrogens (tertiary/aromatic N) is 6. The number of carbonyl (C=O) groups is 1. The van der Waals surface area contributed by atoms with Crippen LogP contribution in [0.15, 0.2) is 54.6 Å². The molecule has 4 heterocycles. The minimum atomic E-state index is -0.861. The molecule has 2 fully saturated rings. The van der Waals surface area contributed by atoms with Gasteiger partial charge >= 0.3 is 5.97 Å². The average Bonchev–Trinajstić information content (AvgIpc) is 3.30. The first-order valence-electron chi connectivity index (χ1n) is 14.4. The third-order valence-corrected chi connectivity index (χ3v) is 8.13. The Morgan fingerprint density at radius 1 is 1.19 bits per heavy atom. The summed E-state index contributed by atoms with van der Waals surface area (Å²) in [5.41, 5.74) is 3.17. The molecule has 6 rings (SSSR count). The summed E-state index contributed by atoms with van der Waals surface area (Å²) in [5.74, 6) is 0.812.